The molecule has 7 rings (SSSR count). The van der Waals surface area contributed by atoms with Crippen LogP contribution in [0.5, 0.6) is 0 Å². The number of rotatable bonds is 2. The summed E-state index contributed by atoms with van der Waals surface area (Å²) in [5.74, 6) is -1.07. The normalized spacial score (nSPS) is 37.4. The molecule has 18 nitrogen and oxygen atoms in total. The highest BCUT2D eigenvalue weighted by Gasteiger charge is 2.51. The molecule has 0 spiro atoms. The Hall–Kier alpha value is -2.10. The number of nitrogen functional groups attached to an aromatic ring is 1. The molecule has 0 saturated carbocycles. The molecule has 0 amide bonds. The fraction of sp³-hybridized carbons (Fsp3) is 0.500. The van der Waals surface area contributed by atoms with Crippen LogP contribution in [-0.4, -0.2) is 94.5 Å². The SMILES string of the molecule is Nc1ncnc2c1ncn2[C@@H]1O[C@@H]2COP(O)(=S)O[C@@H]3[C@H](O)[C@@H](COP(=O)(S)OC[C@H]2[C@H]1F)O[C@H]3n1cc(Cl)c2c(=O)[nH]cnc21. The second kappa shape index (κ2) is 12.1. The van der Waals surface area contributed by atoms with Gasteiger partial charge in [0.15, 0.2) is 35.7 Å². The van der Waals surface area contributed by atoms with Crippen LogP contribution < -0.4 is 11.3 Å². The second-order valence-corrected chi connectivity index (χ2v) is 16.6. The molecule has 46 heavy (non-hydrogen) atoms. The molecule has 0 radical (unpaired) electrons. The van der Waals surface area contributed by atoms with Gasteiger partial charge >= 0.3 is 13.5 Å². The fourth-order valence-electron chi connectivity index (χ4n) is 5.58. The summed E-state index contributed by atoms with van der Waals surface area (Å²) in [6.07, 6.45) is -4.92. The number of imidazole rings is 1. The molecule has 4 aromatic heterocycles. The summed E-state index contributed by atoms with van der Waals surface area (Å²) in [4.78, 5) is 42.3. The average Bonchev–Trinajstić information content (AvgIpc) is 3.74. The van der Waals surface area contributed by atoms with Gasteiger partial charge in [-0.15, -0.1) is 0 Å². The van der Waals surface area contributed by atoms with Crippen molar-refractivity contribution in [3.8, 4) is 0 Å². The van der Waals surface area contributed by atoms with Crippen molar-refractivity contribution >= 4 is 77.2 Å². The van der Waals surface area contributed by atoms with Crippen LogP contribution in [-0.2, 0) is 43.9 Å². The Morgan fingerprint density at radius 3 is 2.63 bits per heavy atom. The lowest BCUT2D eigenvalue weighted by Gasteiger charge is -2.28. The van der Waals surface area contributed by atoms with E-state index in [1.807, 2.05) is 0 Å². The van der Waals surface area contributed by atoms with Crippen LogP contribution in [0.25, 0.3) is 22.2 Å². The number of nitrogens with one attached hydrogen (secondary N) is 1. The number of aliphatic hydroxyl groups is 1. The summed E-state index contributed by atoms with van der Waals surface area (Å²) < 4.78 is 66.1. The van der Waals surface area contributed by atoms with Crippen molar-refractivity contribution < 1.29 is 46.5 Å². The van der Waals surface area contributed by atoms with Gasteiger partial charge in [0, 0.05) is 12.1 Å². The van der Waals surface area contributed by atoms with Crippen LogP contribution in [0.4, 0.5) is 10.2 Å². The summed E-state index contributed by atoms with van der Waals surface area (Å²) in [6, 6.07) is 0. The van der Waals surface area contributed by atoms with Crippen molar-refractivity contribution in [2.75, 3.05) is 25.6 Å². The molecular formula is C22H24ClFN8O10P2S2. The van der Waals surface area contributed by atoms with Gasteiger partial charge in [-0.05, 0) is 11.8 Å². The van der Waals surface area contributed by atoms with E-state index < -0.39 is 87.9 Å². The maximum absolute atomic E-state index is 16.1. The van der Waals surface area contributed by atoms with Crippen molar-refractivity contribution in [2.24, 2.45) is 5.92 Å². The lowest BCUT2D eigenvalue weighted by molar-refractivity contribution is -0.0495. The zero-order valence-electron chi connectivity index (χ0n) is 23.0. The van der Waals surface area contributed by atoms with Gasteiger partial charge in [0.05, 0.1) is 43.6 Å². The summed E-state index contributed by atoms with van der Waals surface area (Å²) in [5, 5.41) is 11.2. The number of hydrogen-bond donors (Lipinski definition) is 5. The maximum Gasteiger partial charge on any atom is 0.386 e. The van der Waals surface area contributed by atoms with Crippen molar-refractivity contribution in [2.45, 2.75) is 43.0 Å². The van der Waals surface area contributed by atoms with Gasteiger partial charge in [-0.1, -0.05) is 23.8 Å². The number of ether oxygens (including phenoxy) is 2. The topological polar surface area (TPSA) is 233 Å². The van der Waals surface area contributed by atoms with E-state index in [4.69, 9.17) is 56.7 Å². The number of fused-ring (bicyclic) bond motifs is 5. The lowest BCUT2D eigenvalue weighted by atomic mass is 10.0. The van der Waals surface area contributed by atoms with Gasteiger partial charge in [-0.2, -0.15) is 0 Å². The van der Waals surface area contributed by atoms with Crippen LogP contribution in [0, 0.1) is 5.92 Å². The number of halogens is 2. The first-order valence-corrected chi connectivity index (χ1v) is 19.1. The summed E-state index contributed by atoms with van der Waals surface area (Å²) in [7, 11) is 0. The molecule has 7 heterocycles. The highest BCUT2D eigenvalue weighted by molar-refractivity contribution is 8.44. The number of alkyl halides is 1. The van der Waals surface area contributed by atoms with E-state index in [0.717, 1.165) is 6.33 Å². The number of aliphatic hydroxyl groups excluding tert-OH is 1. The third kappa shape index (κ3) is 5.80. The van der Waals surface area contributed by atoms with Gasteiger partial charge in [0.25, 0.3) is 5.56 Å². The van der Waals surface area contributed by atoms with Gasteiger partial charge < -0.3 is 43.8 Å². The Labute approximate surface area is 272 Å². The van der Waals surface area contributed by atoms with Crippen LogP contribution >= 0.6 is 37.4 Å². The van der Waals surface area contributed by atoms with Crippen molar-refractivity contribution in [1.29, 1.82) is 0 Å². The summed E-state index contributed by atoms with van der Waals surface area (Å²) >= 11 is 15.6. The number of aromatic amines is 1. The van der Waals surface area contributed by atoms with Crippen molar-refractivity contribution in [1.82, 2.24) is 34.1 Å². The first-order chi connectivity index (χ1) is 21.8. The van der Waals surface area contributed by atoms with E-state index in [0.29, 0.717) is 0 Å². The second-order valence-electron chi connectivity index (χ2n) is 10.5. The van der Waals surface area contributed by atoms with Crippen molar-refractivity contribution in [3.63, 3.8) is 0 Å². The van der Waals surface area contributed by atoms with E-state index in [1.54, 1.807) is 0 Å². The number of aromatic nitrogens is 7. The Morgan fingerprint density at radius 1 is 1.09 bits per heavy atom. The molecule has 0 aromatic carbocycles. The van der Waals surface area contributed by atoms with Crippen molar-refractivity contribution in [3.05, 3.63) is 40.6 Å². The van der Waals surface area contributed by atoms with E-state index in [-0.39, 0.29) is 33.0 Å². The molecule has 3 saturated heterocycles. The van der Waals surface area contributed by atoms with E-state index >= 15 is 4.39 Å². The zero-order chi connectivity index (χ0) is 32.5. The maximum atomic E-state index is 16.1. The fourth-order valence-corrected chi connectivity index (χ4v) is 8.44. The molecule has 10 atom stereocenters. The number of nitrogens with zero attached hydrogens (tertiary/aromatic N) is 6. The van der Waals surface area contributed by atoms with E-state index in [2.05, 4.69) is 37.2 Å². The van der Waals surface area contributed by atoms with Crippen LogP contribution in [0.1, 0.15) is 12.5 Å². The van der Waals surface area contributed by atoms with Crippen LogP contribution in [0.15, 0.2) is 30.0 Å². The molecule has 3 fully saturated rings. The number of thiol groups is 1. The first kappa shape index (κ1) is 32.4. The standard InChI is InChI=1S/C22H24ClFN8O10P2S2/c23-9-1-31(18-12(9)20(34)29-6-27-18)22-16-15(33)11(41-22)4-38-43(35,45)37-2-8-10(3-39-44(36,46)42-16)40-21(13(8)24)32-7-30-14-17(25)26-5-28-19(14)32/h1,5-8,10-11,13,15-16,21-22,33H,2-4H2,(H,35,45)(H,36,46)(H2,25,26,28)(H,27,29,34)/t8-,10-,11-,13-,15-,16-,21-,22-,43?,44?/m1/s1. The molecule has 24 heteroatoms. The predicted molar refractivity (Wildman–Crippen MR) is 163 cm³/mol. The number of hydrogen-bond acceptors (Lipinski definition) is 15. The minimum absolute atomic E-state index is 0.0132. The molecule has 4 aromatic rings. The summed E-state index contributed by atoms with van der Waals surface area (Å²) in [6.45, 7) is -10.0. The number of H-pyrrole nitrogens is 1. The quantitative estimate of drug-likeness (QED) is 0.145. The predicted octanol–water partition coefficient (Wildman–Crippen LogP) is 1.61. The van der Waals surface area contributed by atoms with Crippen LogP contribution in [0.3, 0.4) is 0 Å². The Balaban J connectivity index is 1.20. The molecule has 0 aliphatic carbocycles. The molecule has 5 N–H and O–H groups in total. The number of nitrogens with two attached hydrogens (primary N) is 1. The average molecular weight is 741 g/mol. The number of anilines is 1. The molecule has 3 aliphatic rings. The van der Waals surface area contributed by atoms with Gasteiger partial charge in [0.1, 0.15) is 35.5 Å². The monoisotopic (exact) mass is 740 g/mol. The molecule has 248 valence electrons. The smallest absolute Gasteiger partial charge is 0.386 e. The van der Waals surface area contributed by atoms with E-state index in [1.165, 1.54) is 28.0 Å². The minimum Gasteiger partial charge on any atom is -0.387 e. The lowest BCUT2D eigenvalue weighted by Crippen LogP contribution is -2.36. The molecule has 2 bridgehead atoms. The molecule has 3 aliphatic heterocycles. The Bertz CT molecular complexity index is 1970. The van der Waals surface area contributed by atoms with Gasteiger partial charge in [-0.3, -0.25) is 18.4 Å². The minimum atomic E-state index is -4.24. The largest absolute Gasteiger partial charge is 0.387 e. The highest BCUT2D eigenvalue weighted by atomic mass is 35.5. The van der Waals surface area contributed by atoms with Crippen LogP contribution in [0.2, 0.25) is 5.02 Å². The zero-order valence-corrected chi connectivity index (χ0v) is 27.2. The highest BCUT2D eigenvalue weighted by Crippen LogP contribution is 2.56. The third-order valence-electron chi connectivity index (χ3n) is 7.78. The Morgan fingerprint density at radius 2 is 1.83 bits per heavy atom. The Kier molecular flexibility index (Phi) is 8.53. The van der Waals surface area contributed by atoms with Gasteiger partial charge in [-0.25, -0.2) is 28.9 Å². The first-order valence-electron chi connectivity index (χ1n) is 13.4. The molecule has 2 unspecified atom stereocenters. The molecular weight excluding hydrogens is 717 g/mol. The van der Waals surface area contributed by atoms with E-state index in [9.17, 15) is 19.4 Å². The summed E-state index contributed by atoms with van der Waals surface area (Å²) in [5.41, 5.74) is 5.81. The third-order valence-corrected chi connectivity index (χ3v) is 11.3. The van der Waals surface area contributed by atoms with Gasteiger partial charge in [0.2, 0.25) is 0 Å².